The molecule has 1 atom stereocenters. The maximum Gasteiger partial charge on any atom is 0.225 e. The quantitative estimate of drug-likeness (QED) is 0.774. The third kappa shape index (κ3) is 7.50. The molecule has 1 aromatic rings. The zero-order valence-corrected chi connectivity index (χ0v) is 16.7. The summed E-state index contributed by atoms with van der Waals surface area (Å²) in [5.74, 6) is 0.129. The minimum atomic E-state index is -0.178. The molecule has 0 aliphatic carbocycles. The average Bonchev–Trinajstić information content (AvgIpc) is 2.60. The molecule has 1 saturated heterocycles. The van der Waals surface area contributed by atoms with E-state index in [9.17, 15) is 4.79 Å². The molecule has 1 heterocycles. The second kappa shape index (κ2) is 12.5. The lowest BCUT2D eigenvalue weighted by Crippen LogP contribution is -2.46. The highest BCUT2D eigenvalue weighted by atomic mass is 35.5. The standard InChI is InChI=1S/C18H29N3O2.2ClH/c1-20(18(22)12-17(13-19)23-2)16-8-10-21(11-9-16)14-15-6-4-3-5-7-15;;/h3-7,16-17H,8-14,19H2,1-2H3;2*1H. The molecule has 0 spiro atoms. The number of nitrogens with two attached hydrogens (primary N) is 1. The van der Waals surface area contributed by atoms with Gasteiger partial charge in [0, 0.05) is 46.4 Å². The van der Waals surface area contributed by atoms with Crippen molar-refractivity contribution in [2.45, 2.75) is 38.0 Å². The molecular weight excluding hydrogens is 361 g/mol. The van der Waals surface area contributed by atoms with Crippen molar-refractivity contribution in [3.63, 3.8) is 0 Å². The number of carbonyl (C=O) groups is 1. The van der Waals surface area contributed by atoms with Gasteiger partial charge in [-0.05, 0) is 18.4 Å². The minimum absolute atomic E-state index is 0. The Balaban J connectivity index is 0.00000288. The maximum absolute atomic E-state index is 12.3. The third-order valence-electron chi connectivity index (χ3n) is 4.75. The van der Waals surface area contributed by atoms with Gasteiger partial charge in [-0.15, -0.1) is 24.8 Å². The fourth-order valence-electron chi connectivity index (χ4n) is 3.11. The minimum Gasteiger partial charge on any atom is -0.380 e. The molecule has 0 radical (unpaired) electrons. The summed E-state index contributed by atoms with van der Waals surface area (Å²) in [4.78, 5) is 16.7. The number of carbonyl (C=O) groups excluding carboxylic acids is 1. The molecule has 25 heavy (non-hydrogen) atoms. The Morgan fingerprint density at radius 2 is 1.88 bits per heavy atom. The third-order valence-corrected chi connectivity index (χ3v) is 4.75. The summed E-state index contributed by atoms with van der Waals surface area (Å²) in [5, 5.41) is 0. The summed E-state index contributed by atoms with van der Waals surface area (Å²) < 4.78 is 5.21. The summed E-state index contributed by atoms with van der Waals surface area (Å²) in [6.07, 6.45) is 2.24. The van der Waals surface area contributed by atoms with Gasteiger partial charge in [0.1, 0.15) is 0 Å². The Morgan fingerprint density at radius 1 is 1.28 bits per heavy atom. The van der Waals surface area contributed by atoms with Crippen LogP contribution in [0.25, 0.3) is 0 Å². The normalized spacial score (nSPS) is 16.4. The number of ether oxygens (including phenoxy) is 1. The number of methoxy groups -OCH3 is 1. The summed E-state index contributed by atoms with van der Waals surface area (Å²) in [6.45, 7) is 3.43. The van der Waals surface area contributed by atoms with E-state index in [2.05, 4.69) is 29.2 Å². The van der Waals surface area contributed by atoms with Crippen molar-refractivity contribution in [1.82, 2.24) is 9.80 Å². The first-order valence-electron chi connectivity index (χ1n) is 8.38. The van der Waals surface area contributed by atoms with Gasteiger partial charge in [0.25, 0.3) is 0 Å². The van der Waals surface area contributed by atoms with Gasteiger partial charge in [0.15, 0.2) is 0 Å². The van der Waals surface area contributed by atoms with Gasteiger partial charge in [0.2, 0.25) is 5.91 Å². The summed E-state index contributed by atoms with van der Waals surface area (Å²) in [5.41, 5.74) is 6.95. The maximum atomic E-state index is 12.3. The average molecular weight is 392 g/mol. The molecule has 1 fully saturated rings. The van der Waals surface area contributed by atoms with E-state index in [0.29, 0.717) is 19.0 Å². The van der Waals surface area contributed by atoms with E-state index in [1.807, 2.05) is 18.0 Å². The Bertz CT molecular complexity index is 478. The fraction of sp³-hybridized carbons (Fsp3) is 0.611. The number of rotatable bonds is 7. The number of likely N-dealkylation sites (tertiary alicyclic amines) is 1. The molecule has 5 nitrogen and oxygen atoms in total. The van der Waals surface area contributed by atoms with Crippen LogP contribution in [0.3, 0.4) is 0 Å². The second-order valence-electron chi connectivity index (χ2n) is 6.30. The van der Waals surface area contributed by atoms with E-state index in [1.165, 1.54) is 5.56 Å². The number of nitrogens with zero attached hydrogens (tertiary/aromatic N) is 2. The number of amides is 1. The molecule has 1 aliphatic rings. The molecule has 2 N–H and O–H groups in total. The van der Waals surface area contributed by atoms with Crippen molar-refractivity contribution in [2.75, 3.05) is 33.8 Å². The topological polar surface area (TPSA) is 58.8 Å². The lowest BCUT2D eigenvalue weighted by molar-refractivity contribution is -0.135. The number of benzene rings is 1. The summed E-state index contributed by atoms with van der Waals surface area (Å²) in [6, 6.07) is 10.9. The van der Waals surface area contributed by atoms with E-state index >= 15 is 0 Å². The predicted molar refractivity (Wildman–Crippen MR) is 106 cm³/mol. The highest BCUT2D eigenvalue weighted by Crippen LogP contribution is 2.18. The van der Waals surface area contributed by atoms with Crippen molar-refractivity contribution in [1.29, 1.82) is 0 Å². The largest absolute Gasteiger partial charge is 0.380 e. The van der Waals surface area contributed by atoms with Crippen molar-refractivity contribution in [3.05, 3.63) is 35.9 Å². The zero-order chi connectivity index (χ0) is 16.7. The summed E-state index contributed by atoms with van der Waals surface area (Å²) in [7, 11) is 3.51. The Hall–Kier alpha value is -0.850. The monoisotopic (exact) mass is 391 g/mol. The zero-order valence-electron chi connectivity index (χ0n) is 15.1. The van der Waals surface area contributed by atoms with Crippen LogP contribution in [0.5, 0.6) is 0 Å². The van der Waals surface area contributed by atoms with Gasteiger partial charge in [-0.1, -0.05) is 30.3 Å². The molecule has 0 saturated carbocycles. The van der Waals surface area contributed by atoms with Crippen molar-refractivity contribution in [2.24, 2.45) is 5.73 Å². The molecule has 1 amide bonds. The van der Waals surface area contributed by atoms with Crippen LogP contribution in [0.15, 0.2) is 30.3 Å². The number of piperidine rings is 1. The van der Waals surface area contributed by atoms with Crippen LogP contribution in [-0.4, -0.2) is 61.6 Å². The molecule has 7 heteroatoms. The van der Waals surface area contributed by atoms with Gasteiger partial charge >= 0.3 is 0 Å². The van der Waals surface area contributed by atoms with Crippen LogP contribution in [-0.2, 0) is 16.1 Å². The van der Waals surface area contributed by atoms with Crippen LogP contribution in [0.2, 0.25) is 0 Å². The lowest BCUT2D eigenvalue weighted by Gasteiger charge is -2.37. The van der Waals surface area contributed by atoms with Crippen LogP contribution in [0, 0.1) is 0 Å². The predicted octanol–water partition coefficient (Wildman–Crippen LogP) is 2.32. The molecule has 1 aliphatic heterocycles. The molecule has 144 valence electrons. The molecule has 1 aromatic carbocycles. The number of hydrogen-bond acceptors (Lipinski definition) is 4. The van der Waals surface area contributed by atoms with Crippen LogP contribution < -0.4 is 5.73 Å². The first-order valence-corrected chi connectivity index (χ1v) is 8.38. The highest BCUT2D eigenvalue weighted by molar-refractivity contribution is 5.85. The Kier molecular flexibility index (Phi) is 12.1. The van der Waals surface area contributed by atoms with Crippen LogP contribution in [0.4, 0.5) is 0 Å². The number of hydrogen-bond donors (Lipinski definition) is 1. The second-order valence-corrected chi connectivity index (χ2v) is 6.30. The first-order chi connectivity index (χ1) is 11.1. The molecule has 1 unspecified atom stereocenters. The van der Waals surface area contributed by atoms with Gasteiger partial charge in [-0.25, -0.2) is 0 Å². The molecular formula is C18H31Cl2N3O2. The van der Waals surface area contributed by atoms with Gasteiger partial charge in [-0.3, -0.25) is 9.69 Å². The molecule has 0 bridgehead atoms. The van der Waals surface area contributed by atoms with Crippen molar-refractivity contribution in [3.8, 4) is 0 Å². The Morgan fingerprint density at radius 3 is 2.40 bits per heavy atom. The van der Waals surface area contributed by atoms with Crippen molar-refractivity contribution >= 4 is 30.7 Å². The molecule has 0 aromatic heterocycles. The van der Waals surface area contributed by atoms with E-state index in [4.69, 9.17) is 10.5 Å². The van der Waals surface area contributed by atoms with Crippen LogP contribution >= 0.6 is 24.8 Å². The Labute approximate surface area is 163 Å². The van der Waals surface area contributed by atoms with Gasteiger partial charge in [0.05, 0.1) is 12.5 Å². The number of halogens is 2. The van der Waals surface area contributed by atoms with Crippen LogP contribution in [0.1, 0.15) is 24.8 Å². The van der Waals surface area contributed by atoms with E-state index < -0.39 is 0 Å². The smallest absolute Gasteiger partial charge is 0.225 e. The first kappa shape index (κ1) is 24.1. The van der Waals surface area contributed by atoms with E-state index in [-0.39, 0.29) is 36.8 Å². The highest BCUT2D eigenvalue weighted by Gasteiger charge is 2.26. The SMILES string of the molecule is COC(CN)CC(=O)N(C)C1CCN(Cc2ccccc2)CC1.Cl.Cl. The van der Waals surface area contributed by atoms with Gasteiger partial charge < -0.3 is 15.4 Å². The van der Waals surface area contributed by atoms with Gasteiger partial charge in [-0.2, -0.15) is 0 Å². The van der Waals surface area contributed by atoms with E-state index in [0.717, 1.165) is 32.5 Å². The molecule has 2 rings (SSSR count). The van der Waals surface area contributed by atoms with E-state index in [1.54, 1.807) is 7.11 Å². The van der Waals surface area contributed by atoms with Crippen molar-refractivity contribution < 1.29 is 9.53 Å². The fourth-order valence-corrected chi connectivity index (χ4v) is 3.11. The summed E-state index contributed by atoms with van der Waals surface area (Å²) >= 11 is 0. The lowest BCUT2D eigenvalue weighted by atomic mass is 10.0.